The first-order valence-corrected chi connectivity index (χ1v) is 8.86. The minimum absolute atomic E-state index is 0. The van der Waals surface area contributed by atoms with Crippen LogP contribution in [-0.2, 0) is 4.79 Å². The number of hydrogen-bond donors (Lipinski definition) is 1. The van der Waals surface area contributed by atoms with Gasteiger partial charge in [0.1, 0.15) is 18.1 Å². The number of hydrogen-bond acceptors (Lipinski definition) is 5. The molecule has 1 N–H and O–H groups in total. The molecule has 1 aromatic rings. The van der Waals surface area contributed by atoms with Crippen molar-refractivity contribution in [3.05, 3.63) is 24.3 Å². The Hall–Kier alpha value is -1.64. The third-order valence-corrected chi connectivity index (χ3v) is 4.81. The summed E-state index contributed by atoms with van der Waals surface area (Å²) in [4.78, 5) is 16.2. The number of nitrogens with zero attached hydrogens (tertiary/aromatic N) is 2. The Balaban J connectivity index is 0.00000261. The molecular weight excluding hydrogens is 380 g/mol. The minimum atomic E-state index is -2.78. The van der Waals surface area contributed by atoms with Gasteiger partial charge in [0.25, 0.3) is 5.92 Å². The predicted octanol–water partition coefficient (Wildman–Crippen LogP) is 1.64. The van der Waals surface area contributed by atoms with Gasteiger partial charge in [-0.3, -0.25) is 15.0 Å². The van der Waals surface area contributed by atoms with Crippen LogP contribution in [0.25, 0.3) is 0 Å². The van der Waals surface area contributed by atoms with Gasteiger partial charge in [0, 0.05) is 45.2 Å². The monoisotopic (exact) mass is 405 g/mol. The van der Waals surface area contributed by atoms with Gasteiger partial charge in [-0.25, -0.2) is 8.78 Å². The molecule has 2 aliphatic rings. The summed E-state index contributed by atoms with van der Waals surface area (Å²) in [6, 6.07) is 6.69. The molecule has 1 aromatic carbocycles. The summed E-state index contributed by atoms with van der Waals surface area (Å²) in [5.41, 5.74) is 0. The first-order chi connectivity index (χ1) is 12.5. The number of carbonyl (C=O) groups excluding carboxylic acids is 1. The lowest BCUT2D eigenvalue weighted by molar-refractivity contribution is -0.135. The second kappa shape index (κ2) is 9.52. The summed E-state index contributed by atoms with van der Waals surface area (Å²) in [7, 11) is 1.61. The van der Waals surface area contributed by atoms with Crippen LogP contribution in [-0.4, -0.2) is 80.7 Å². The van der Waals surface area contributed by atoms with Gasteiger partial charge in [0.15, 0.2) is 0 Å². The van der Waals surface area contributed by atoms with Crippen molar-refractivity contribution in [3.8, 4) is 11.5 Å². The standard InChI is InChI=1S/C18H25F2N3O3.ClH/c1-25-14-3-2-4-15(11-14)26-10-9-22-5-7-23(8-6-22)17(24)16-12-18(19,20)13-21-16;/h2-4,11,16,21H,5-10,12-13H2,1H3;1H. The molecule has 2 fully saturated rings. The Morgan fingerprint density at radius 2 is 1.96 bits per heavy atom. The SMILES string of the molecule is COc1cccc(OCCN2CCN(C(=O)C3CC(F)(F)CN3)CC2)c1.Cl. The molecule has 27 heavy (non-hydrogen) atoms. The number of methoxy groups -OCH3 is 1. The van der Waals surface area contributed by atoms with Crippen LogP contribution in [0.3, 0.4) is 0 Å². The zero-order chi connectivity index (χ0) is 18.6. The van der Waals surface area contributed by atoms with Crippen LogP contribution in [0.5, 0.6) is 11.5 Å². The molecule has 0 aliphatic carbocycles. The molecule has 2 aliphatic heterocycles. The van der Waals surface area contributed by atoms with Gasteiger partial charge in [0.05, 0.1) is 19.7 Å². The number of benzene rings is 1. The lowest BCUT2D eigenvalue weighted by Crippen LogP contribution is -2.53. The van der Waals surface area contributed by atoms with E-state index in [9.17, 15) is 13.6 Å². The molecule has 1 amide bonds. The maximum absolute atomic E-state index is 13.2. The Kier molecular flexibility index (Phi) is 7.64. The van der Waals surface area contributed by atoms with E-state index in [1.54, 1.807) is 12.0 Å². The number of nitrogens with one attached hydrogen (secondary N) is 1. The quantitative estimate of drug-likeness (QED) is 0.779. The van der Waals surface area contributed by atoms with Crippen LogP contribution in [0, 0.1) is 0 Å². The highest BCUT2D eigenvalue weighted by Crippen LogP contribution is 2.26. The maximum Gasteiger partial charge on any atom is 0.262 e. The fraction of sp³-hybridized carbons (Fsp3) is 0.611. The van der Waals surface area contributed by atoms with Gasteiger partial charge in [-0.05, 0) is 12.1 Å². The number of amides is 1. The Morgan fingerprint density at radius 1 is 1.26 bits per heavy atom. The zero-order valence-corrected chi connectivity index (χ0v) is 16.1. The third-order valence-electron chi connectivity index (χ3n) is 4.81. The van der Waals surface area contributed by atoms with Crippen molar-refractivity contribution in [2.45, 2.75) is 18.4 Å². The van der Waals surface area contributed by atoms with Gasteiger partial charge in [-0.2, -0.15) is 0 Å². The molecule has 2 heterocycles. The fourth-order valence-electron chi connectivity index (χ4n) is 3.29. The Bertz CT molecular complexity index is 628. The number of rotatable bonds is 6. The normalized spacial score (nSPS) is 22.2. The van der Waals surface area contributed by atoms with Crippen LogP contribution in [0.1, 0.15) is 6.42 Å². The van der Waals surface area contributed by atoms with Gasteiger partial charge in [0.2, 0.25) is 5.91 Å². The summed E-state index contributed by atoms with van der Waals surface area (Å²) in [5.74, 6) is -1.49. The zero-order valence-electron chi connectivity index (χ0n) is 15.3. The van der Waals surface area contributed by atoms with Gasteiger partial charge < -0.3 is 14.4 Å². The molecule has 0 radical (unpaired) electrons. The average Bonchev–Trinajstić information content (AvgIpc) is 3.02. The van der Waals surface area contributed by atoms with Crippen LogP contribution in [0.15, 0.2) is 24.3 Å². The highest BCUT2D eigenvalue weighted by molar-refractivity contribution is 5.85. The molecule has 0 bridgehead atoms. The topological polar surface area (TPSA) is 54.0 Å². The van der Waals surface area contributed by atoms with Crippen molar-refractivity contribution < 1.29 is 23.0 Å². The number of carbonyl (C=O) groups is 1. The highest BCUT2D eigenvalue weighted by atomic mass is 35.5. The Labute approximate surface area is 164 Å². The van der Waals surface area contributed by atoms with E-state index in [1.165, 1.54) is 0 Å². The second-order valence-corrected chi connectivity index (χ2v) is 6.69. The van der Waals surface area contributed by atoms with Crippen molar-refractivity contribution in [1.82, 2.24) is 15.1 Å². The maximum atomic E-state index is 13.2. The number of halogens is 3. The van der Waals surface area contributed by atoms with Gasteiger partial charge in [-0.1, -0.05) is 6.07 Å². The fourth-order valence-corrected chi connectivity index (χ4v) is 3.29. The molecule has 0 aromatic heterocycles. The summed E-state index contributed by atoms with van der Waals surface area (Å²) < 4.78 is 37.4. The third kappa shape index (κ3) is 5.92. The van der Waals surface area contributed by atoms with E-state index in [1.807, 2.05) is 24.3 Å². The molecule has 152 valence electrons. The number of alkyl halides is 2. The summed E-state index contributed by atoms with van der Waals surface area (Å²) in [6.45, 7) is 3.43. The highest BCUT2D eigenvalue weighted by Gasteiger charge is 2.43. The molecule has 6 nitrogen and oxygen atoms in total. The van der Waals surface area contributed by atoms with Gasteiger partial charge >= 0.3 is 0 Å². The molecule has 1 unspecified atom stereocenters. The first-order valence-electron chi connectivity index (χ1n) is 8.86. The average molecular weight is 406 g/mol. The van der Waals surface area contributed by atoms with Crippen LogP contribution >= 0.6 is 12.4 Å². The van der Waals surface area contributed by atoms with E-state index in [2.05, 4.69) is 10.2 Å². The van der Waals surface area contributed by atoms with E-state index in [4.69, 9.17) is 9.47 Å². The summed E-state index contributed by atoms with van der Waals surface area (Å²) in [5, 5.41) is 2.63. The smallest absolute Gasteiger partial charge is 0.262 e. The van der Waals surface area contributed by atoms with Crippen molar-refractivity contribution >= 4 is 18.3 Å². The summed E-state index contributed by atoms with van der Waals surface area (Å²) in [6.07, 6.45) is -0.402. The van der Waals surface area contributed by atoms with Crippen molar-refractivity contribution in [2.75, 3.05) is 53.0 Å². The lowest BCUT2D eigenvalue weighted by Gasteiger charge is -2.35. The molecule has 3 rings (SSSR count). The Morgan fingerprint density at radius 3 is 2.59 bits per heavy atom. The lowest BCUT2D eigenvalue weighted by atomic mass is 10.1. The molecular formula is C18H26ClF2N3O3. The van der Waals surface area contributed by atoms with Crippen LogP contribution < -0.4 is 14.8 Å². The molecule has 1 atom stereocenters. The van der Waals surface area contributed by atoms with Gasteiger partial charge in [-0.15, -0.1) is 12.4 Å². The molecule has 9 heteroatoms. The predicted molar refractivity (Wildman–Crippen MR) is 100 cm³/mol. The van der Waals surface area contributed by atoms with Crippen molar-refractivity contribution in [2.24, 2.45) is 0 Å². The molecule has 0 saturated carbocycles. The van der Waals surface area contributed by atoms with E-state index < -0.39 is 24.9 Å². The van der Waals surface area contributed by atoms with Crippen molar-refractivity contribution in [3.63, 3.8) is 0 Å². The van der Waals surface area contributed by atoms with E-state index in [0.29, 0.717) is 19.7 Å². The van der Waals surface area contributed by atoms with Crippen molar-refractivity contribution in [1.29, 1.82) is 0 Å². The summed E-state index contributed by atoms with van der Waals surface area (Å²) >= 11 is 0. The molecule has 0 spiro atoms. The van der Waals surface area contributed by atoms with E-state index >= 15 is 0 Å². The van der Waals surface area contributed by atoms with Crippen LogP contribution in [0.4, 0.5) is 8.78 Å². The largest absolute Gasteiger partial charge is 0.497 e. The number of ether oxygens (including phenoxy) is 2. The van der Waals surface area contributed by atoms with E-state index in [-0.39, 0.29) is 18.3 Å². The second-order valence-electron chi connectivity index (χ2n) is 6.69. The first kappa shape index (κ1) is 21.7. The van der Waals surface area contributed by atoms with Crippen LogP contribution in [0.2, 0.25) is 0 Å². The number of piperazine rings is 1. The molecule has 2 saturated heterocycles. The minimum Gasteiger partial charge on any atom is -0.497 e. The van der Waals surface area contributed by atoms with E-state index in [0.717, 1.165) is 31.1 Å².